The van der Waals surface area contributed by atoms with Gasteiger partial charge in [-0.2, -0.15) is 0 Å². The van der Waals surface area contributed by atoms with Gasteiger partial charge in [0.05, 0.1) is 18.8 Å². The molecule has 6 nitrogen and oxygen atoms in total. The molecule has 0 bridgehead atoms. The predicted molar refractivity (Wildman–Crippen MR) is 81.7 cm³/mol. The standard InChI is InChI=1S/C17H19NO5/c1-2-21-17(20)12-7-9-18(10-8-12)16(19)15-6-5-14(23-15)13-4-3-11-22-13/h3-6,11-12H,2,7-10H2,1H3. The molecule has 3 rings (SSSR count). The highest BCUT2D eigenvalue weighted by atomic mass is 16.5. The third-order valence-electron chi connectivity index (χ3n) is 3.98. The Labute approximate surface area is 134 Å². The Kier molecular flexibility index (Phi) is 4.50. The molecule has 0 spiro atoms. The van der Waals surface area contributed by atoms with E-state index in [0.29, 0.717) is 44.1 Å². The first kappa shape index (κ1) is 15.4. The number of furan rings is 2. The molecule has 23 heavy (non-hydrogen) atoms. The number of hydrogen-bond acceptors (Lipinski definition) is 5. The molecule has 3 heterocycles. The van der Waals surface area contributed by atoms with Gasteiger partial charge in [0, 0.05) is 13.1 Å². The zero-order valence-electron chi connectivity index (χ0n) is 13.0. The van der Waals surface area contributed by atoms with Crippen LogP contribution in [-0.4, -0.2) is 36.5 Å². The number of amides is 1. The third-order valence-corrected chi connectivity index (χ3v) is 3.98. The molecule has 0 aliphatic carbocycles. The average Bonchev–Trinajstić information content (AvgIpc) is 3.25. The Hall–Kier alpha value is -2.50. The molecular weight excluding hydrogens is 298 g/mol. The predicted octanol–water partition coefficient (Wildman–Crippen LogP) is 2.95. The number of ether oxygens (including phenoxy) is 1. The van der Waals surface area contributed by atoms with Gasteiger partial charge in [0.25, 0.3) is 5.91 Å². The van der Waals surface area contributed by atoms with E-state index in [2.05, 4.69) is 0 Å². The molecule has 0 aromatic carbocycles. The van der Waals surface area contributed by atoms with E-state index in [4.69, 9.17) is 13.6 Å². The molecule has 1 saturated heterocycles. The molecule has 0 atom stereocenters. The summed E-state index contributed by atoms with van der Waals surface area (Å²) in [6.45, 7) is 3.24. The molecular formula is C17H19NO5. The van der Waals surface area contributed by atoms with Gasteiger partial charge in [0.15, 0.2) is 17.3 Å². The van der Waals surface area contributed by atoms with Crippen molar-refractivity contribution in [3.63, 3.8) is 0 Å². The van der Waals surface area contributed by atoms with Crippen molar-refractivity contribution in [2.75, 3.05) is 19.7 Å². The molecule has 1 aliphatic rings. The number of rotatable bonds is 4. The van der Waals surface area contributed by atoms with E-state index < -0.39 is 0 Å². The third kappa shape index (κ3) is 3.31. The van der Waals surface area contributed by atoms with Crippen LogP contribution in [-0.2, 0) is 9.53 Å². The molecule has 2 aromatic heterocycles. The molecule has 0 radical (unpaired) electrons. The Morgan fingerprint density at radius 1 is 1.22 bits per heavy atom. The smallest absolute Gasteiger partial charge is 0.309 e. The van der Waals surface area contributed by atoms with Gasteiger partial charge in [-0.3, -0.25) is 9.59 Å². The van der Waals surface area contributed by atoms with Crippen molar-refractivity contribution in [2.24, 2.45) is 5.92 Å². The summed E-state index contributed by atoms with van der Waals surface area (Å²) in [5, 5.41) is 0. The highest BCUT2D eigenvalue weighted by Gasteiger charge is 2.29. The second-order valence-electron chi connectivity index (χ2n) is 5.46. The van der Waals surface area contributed by atoms with Crippen LogP contribution in [0.2, 0.25) is 0 Å². The van der Waals surface area contributed by atoms with E-state index in [-0.39, 0.29) is 23.6 Å². The van der Waals surface area contributed by atoms with Crippen LogP contribution in [0.1, 0.15) is 30.3 Å². The lowest BCUT2D eigenvalue weighted by Gasteiger charge is -2.30. The Balaban J connectivity index is 1.60. The van der Waals surface area contributed by atoms with Crippen LogP contribution in [0, 0.1) is 5.92 Å². The van der Waals surface area contributed by atoms with Gasteiger partial charge in [-0.15, -0.1) is 0 Å². The normalized spacial score (nSPS) is 15.6. The van der Waals surface area contributed by atoms with Crippen LogP contribution in [0.3, 0.4) is 0 Å². The summed E-state index contributed by atoms with van der Waals surface area (Å²) in [6.07, 6.45) is 2.80. The Morgan fingerprint density at radius 3 is 2.65 bits per heavy atom. The zero-order chi connectivity index (χ0) is 16.2. The van der Waals surface area contributed by atoms with E-state index in [9.17, 15) is 9.59 Å². The number of esters is 1. The molecule has 0 saturated carbocycles. The van der Waals surface area contributed by atoms with Crippen molar-refractivity contribution in [3.8, 4) is 11.5 Å². The van der Waals surface area contributed by atoms with E-state index >= 15 is 0 Å². The molecule has 1 aliphatic heterocycles. The minimum atomic E-state index is -0.169. The fraction of sp³-hybridized carbons (Fsp3) is 0.412. The first-order chi connectivity index (χ1) is 11.2. The lowest BCUT2D eigenvalue weighted by molar-refractivity contribution is -0.149. The van der Waals surface area contributed by atoms with Gasteiger partial charge >= 0.3 is 5.97 Å². The van der Waals surface area contributed by atoms with Gasteiger partial charge in [0.2, 0.25) is 0 Å². The summed E-state index contributed by atoms with van der Waals surface area (Å²) in [7, 11) is 0. The summed E-state index contributed by atoms with van der Waals surface area (Å²) in [4.78, 5) is 25.9. The molecule has 1 fully saturated rings. The number of hydrogen-bond donors (Lipinski definition) is 0. The van der Waals surface area contributed by atoms with Gasteiger partial charge in [0.1, 0.15) is 0 Å². The maximum atomic E-state index is 12.5. The molecule has 2 aromatic rings. The first-order valence-electron chi connectivity index (χ1n) is 7.78. The summed E-state index contributed by atoms with van der Waals surface area (Å²) in [5.41, 5.74) is 0. The van der Waals surface area contributed by atoms with Crippen molar-refractivity contribution in [1.82, 2.24) is 4.90 Å². The Morgan fingerprint density at radius 2 is 2.00 bits per heavy atom. The maximum Gasteiger partial charge on any atom is 0.309 e. The highest BCUT2D eigenvalue weighted by Crippen LogP contribution is 2.25. The fourth-order valence-electron chi connectivity index (χ4n) is 2.74. The Bertz CT molecular complexity index is 665. The average molecular weight is 317 g/mol. The lowest BCUT2D eigenvalue weighted by Crippen LogP contribution is -2.40. The molecule has 6 heteroatoms. The van der Waals surface area contributed by atoms with Crippen LogP contribution in [0.4, 0.5) is 0 Å². The van der Waals surface area contributed by atoms with Gasteiger partial charge in [-0.1, -0.05) is 0 Å². The molecule has 0 unspecified atom stereocenters. The van der Waals surface area contributed by atoms with Gasteiger partial charge in [-0.05, 0) is 44.0 Å². The summed E-state index contributed by atoms with van der Waals surface area (Å²) in [6, 6.07) is 6.91. The number of likely N-dealkylation sites (tertiary alicyclic amines) is 1. The minimum absolute atomic E-state index is 0.116. The number of carbonyl (C=O) groups excluding carboxylic acids is 2. The fourth-order valence-corrected chi connectivity index (χ4v) is 2.74. The molecule has 0 N–H and O–H groups in total. The van der Waals surface area contributed by atoms with E-state index in [1.165, 1.54) is 0 Å². The van der Waals surface area contributed by atoms with Crippen LogP contribution >= 0.6 is 0 Å². The molecule has 1 amide bonds. The maximum absolute atomic E-state index is 12.5. The van der Waals surface area contributed by atoms with Crippen molar-refractivity contribution in [2.45, 2.75) is 19.8 Å². The highest BCUT2D eigenvalue weighted by molar-refractivity contribution is 5.92. The van der Waals surface area contributed by atoms with Crippen LogP contribution in [0.25, 0.3) is 11.5 Å². The SMILES string of the molecule is CCOC(=O)C1CCN(C(=O)c2ccc(-c3ccco3)o2)CC1. The van der Waals surface area contributed by atoms with Crippen molar-refractivity contribution >= 4 is 11.9 Å². The second kappa shape index (κ2) is 6.73. The van der Waals surface area contributed by atoms with Crippen molar-refractivity contribution in [3.05, 3.63) is 36.3 Å². The number of nitrogens with zero attached hydrogens (tertiary/aromatic N) is 1. The van der Waals surface area contributed by atoms with E-state index in [0.717, 1.165) is 0 Å². The summed E-state index contributed by atoms with van der Waals surface area (Å²) < 4.78 is 15.9. The van der Waals surface area contributed by atoms with Crippen LogP contribution < -0.4 is 0 Å². The largest absolute Gasteiger partial charge is 0.466 e. The zero-order valence-corrected chi connectivity index (χ0v) is 13.0. The summed E-state index contributed by atoms with van der Waals surface area (Å²) >= 11 is 0. The first-order valence-corrected chi connectivity index (χ1v) is 7.78. The van der Waals surface area contributed by atoms with E-state index in [1.54, 1.807) is 42.4 Å². The molecule has 122 valence electrons. The summed E-state index contributed by atoms with van der Waals surface area (Å²) in [5.74, 6) is 0.952. The topological polar surface area (TPSA) is 72.9 Å². The van der Waals surface area contributed by atoms with E-state index in [1.807, 2.05) is 0 Å². The quantitative estimate of drug-likeness (QED) is 0.811. The van der Waals surface area contributed by atoms with Crippen LogP contribution in [0.15, 0.2) is 39.4 Å². The minimum Gasteiger partial charge on any atom is -0.466 e. The van der Waals surface area contributed by atoms with Crippen LogP contribution in [0.5, 0.6) is 0 Å². The monoisotopic (exact) mass is 317 g/mol. The van der Waals surface area contributed by atoms with Gasteiger partial charge < -0.3 is 18.5 Å². The van der Waals surface area contributed by atoms with Crippen molar-refractivity contribution < 1.29 is 23.2 Å². The number of carbonyl (C=O) groups is 2. The van der Waals surface area contributed by atoms with Gasteiger partial charge in [-0.25, -0.2) is 0 Å². The van der Waals surface area contributed by atoms with Crippen molar-refractivity contribution in [1.29, 1.82) is 0 Å². The second-order valence-corrected chi connectivity index (χ2v) is 5.46. The lowest BCUT2D eigenvalue weighted by atomic mass is 9.97. The number of piperidine rings is 1.